The standard InChI is InChI=1S/C24H24N4O2S2/c29-22(25-11-10-18-9-5-13-31-18)17-8-4-12-28(14-17)24-26-20-19(16-6-2-1-3-7-16)15-32-21(20)23(30)27-24/h1-3,5-7,9,13,15,17H,4,8,10-12,14H2,(H,25,29)(H,26,27,30). The lowest BCUT2D eigenvalue weighted by atomic mass is 9.97. The minimum atomic E-state index is -0.125. The lowest BCUT2D eigenvalue weighted by molar-refractivity contribution is -0.125. The Morgan fingerprint density at radius 2 is 2.06 bits per heavy atom. The smallest absolute Gasteiger partial charge is 0.270 e. The van der Waals surface area contributed by atoms with Gasteiger partial charge in [-0.2, -0.15) is 0 Å². The molecule has 0 radical (unpaired) electrons. The first-order valence-electron chi connectivity index (χ1n) is 10.8. The monoisotopic (exact) mass is 464 g/mol. The lowest BCUT2D eigenvalue weighted by Gasteiger charge is -2.32. The molecular formula is C24H24N4O2S2. The Labute approximate surface area is 193 Å². The Hall–Kier alpha value is -2.97. The van der Waals surface area contributed by atoms with E-state index in [4.69, 9.17) is 4.98 Å². The molecule has 32 heavy (non-hydrogen) atoms. The van der Waals surface area contributed by atoms with Crippen LogP contribution in [0.25, 0.3) is 21.3 Å². The van der Waals surface area contributed by atoms with Crippen LogP contribution in [0, 0.1) is 5.92 Å². The van der Waals surface area contributed by atoms with E-state index in [1.54, 1.807) is 11.3 Å². The number of carbonyl (C=O) groups excluding carboxylic acids is 1. The van der Waals surface area contributed by atoms with Crippen molar-refractivity contribution in [1.29, 1.82) is 0 Å². The largest absolute Gasteiger partial charge is 0.355 e. The number of aromatic amines is 1. The molecule has 1 atom stereocenters. The lowest BCUT2D eigenvalue weighted by Crippen LogP contribution is -2.44. The molecule has 4 aromatic rings. The molecule has 8 heteroatoms. The van der Waals surface area contributed by atoms with Gasteiger partial charge in [0.05, 0.1) is 11.4 Å². The maximum Gasteiger partial charge on any atom is 0.270 e. The number of benzene rings is 1. The zero-order chi connectivity index (χ0) is 21.9. The summed E-state index contributed by atoms with van der Waals surface area (Å²) in [6.07, 6.45) is 2.59. The summed E-state index contributed by atoms with van der Waals surface area (Å²) in [6, 6.07) is 14.1. The van der Waals surface area contributed by atoms with Crippen LogP contribution in [0.5, 0.6) is 0 Å². The molecule has 1 unspecified atom stereocenters. The van der Waals surface area contributed by atoms with Crippen LogP contribution in [0.4, 0.5) is 5.95 Å². The molecule has 2 N–H and O–H groups in total. The van der Waals surface area contributed by atoms with Crippen LogP contribution in [-0.4, -0.2) is 35.5 Å². The number of H-pyrrole nitrogens is 1. The molecule has 164 valence electrons. The highest BCUT2D eigenvalue weighted by Crippen LogP contribution is 2.32. The SMILES string of the molecule is O=C(NCCc1cccs1)C1CCCN(c2nc3c(-c4ccccc4)csc3c(=O)[nH]2)C1. The molecule has 1 saturated heterocycles. The van der Waals surface area contributed by atoms with Crippen molar-refractivity contribution in [2.45, 2.75) is 19.3 Å². The van der Waals surface area contributed by atoms with E-state index in [2.05, 4.69) is 21.7 Å². The first-order valence-corrected chi connectivity index (χ1v) is 12.6. The molecule has 1 aliphatic rings. The summed E-state index contributed by atoms with van der Waals surface area (Å²) in [5, 5.41) is 7.13. The minimum absolute atomic E-state index is 0.0789. The average molecular weight is 465 g/mol. The molecule has 4 heterocycles. The van der Waals surface area contributed by atoms with Crippen molar-refractivity contribution in [1.82, 2.24) is 15.3 Å². The summed E-state index contributed by atoms with van der Waals surface area (Å²) in [5.41, 5.74) is 2.62. The number of fused-ring (bicyclic) bond motifs is 1. The van der Waals surface area contributed by atoms with Crippen molar-refractivity contribution in [3.8, 4) is 11.1 Å². The summed E-state index contributed by atoms with van der Waals surface area (Å²) >= 11 is 3.13. The van der Waals surface area contributed by atoms with Crippen LogP contribution >= 0.6 is 22.7 Å². The first-order chi connectivity index (χ1) is 15.7. The van der Waals surface area contributed by atoms with Gasteiger partial charge >= 0.3 is 0 Å². The van der Waals surface area contributed by atoms with Crippen molar-refractivity contribution in [3.63, 3.8) is 0 Å². The van der Waals surface area contributed by atoms with Crippen molar-refractivity contribution in [2.24, 2.45) is 5.92 Å². The Morgan fingerprint density at radius 1 is 1.19 bits per heavy atom. The van der Waals surface area contributed by atoms with Crippen molar-refractivity contribution < 1.29 is 4.79 Å². The average Bonchev–Trinajstić information content (AvgIpc) is 3.50. The molecule has 1 fully saturated rings. The maximum atomic E-state index is 12.8. The van der Waals surface area contributed by atoms with Crippen molar-refractivity contribution in [2.75, 3.05) is 24.5 Å². The molecule has 0 aliphatic carbocycles. The van der Waals surface area contributed by atoms with Crippen molar-refractivity contribution >= 4 is 44.7 Å². The number of nitrogens with one attached hydrogen (secondary N) is 2. The fourth-order valence-corrected chi connectivity index (χ4v) is 5.80. The van der Waals surface area contributed by atoms with Gasteiger partial charge in [-0.05, 0) is 36.3 Å². The number of rotatable bonds is 6. The molecule has 0 bridgehead atoms. The van der Waals surface area contributed by atoms with E-state index < -0.39 is 0 Å². The second kappa shape index (κ2) is 9.26. The van der Waals surface area contributed by atoms with Gasteiger partial charge in [0.25, 0.3) is 5.56 Å². The number of nitrogens with zero attached hydrogens (tertiary/aromatic N) is 2. The molecule has 6 nitrogen and oxygen atoms in total. The summed E-state index contributed by atoms with van der Waals surface area (Å²) in [7, 11) is 0. The van der Waals surface area contributed by atoms with Crippen LogP contribution in [-0.2, 0) is 11.2 Å². The fraction of sp³-hybridized carbons (Fsp3) is 0.292. The van der Waals surface area contributed by atoms with Gasteiger partial charge in [0.2, 0.25) is 11.9 Å². The predicted octanol–water partition coefficient (Wildman–Crippen LogP) is 4.29. The molecule has 3 aromatic heterocycles. The zero-order valence-corrected chi connectivity index (χ0v) is 19.2. The Kier molecular flexibility index (Phi) is 6.05. The second-order valence-corrected chi connectivity index (χ2v) is 9.90. The van der Waals surface area contributed by atoms with Crippen LogP contribution in [0.2, 0.25) is 0 Å². The van der Waals surface area contributed by atoms with Crippen LogP contribution in [0.1, 0.15) is 17.7 Å². The first kappa shape index (κ1) is 20.9. The summed E-state index contributed by atoms with van der Waals surface area (Å²) in [6.45, 7) is 1.98. The van der Waals surface area contributed by atoms with Gasteiger partial charge in [0.1, 0.15) is 4.70 Å². The third-order valence-corrected chi connectivity index (χ3v) is 7.75. The zero-order valence-electron chi connectivity index (χ0n) is 17.5. The normalized spacial score (nSPS) is 16.4. The molecule has 0 saturated carbocycles. The van der Waals surface area contributed by atoms with E-state index in [0.29, 0.717) is 23.7 Å². The minimum Gasteiger partial charge on any atom is -0.355 e. The van der Waals surface area contributed by atoms with Gasteiger partial charge in [-0.3, -0.25) is 14.6 Å². The number of piperidine rings is 1. The number of carbonyl (C=O) groups is 1. The van der Waals surface area contributed by atoms with Gasteiger partial charge < -0.3 is 10.2 Å². The summed E-state index contributed by atoms with van der Waals surface area (Å²) in [5.74, 6) is 0.522. The number of amides is 1. The molecule has 1 amide bonds. The van der Waals surface area contributed by atoms with Gasteiger partial charge in [-0.25, -0.2) is 4.98 Å². The van der Waals surface area contributed by atoms with Gasteiger partial charge in [-0.1, -0.05) is 36.4 Å². The van der Waals surface area contributed by atoms with Gasteiger partial charge in [-0.15, -0.1) is 22.7 Å². The van der Waals surface area contributed by atoms with E-state index in [-0.39, 0.29) is 17.4 Å². The topological polar surface area (TPSA) is 78.1 Å². The van der Waals surface area contributed by atoms with E-state index >= 15 is 0 Å². The Bertz CT molecular complexity index is 1260. The number of hydrogen-bond acceptors (Lipinski definition) is 6. The molecular weight excluding hydrogens is 440 g/mol. The molecule has 5 rings (SSSR count). The van der Waals surface area contributed by atoms with E-state index in [1.165, 1.54) is 16.2 Å². The number of anilines is 1. The Balaban J connectivity index is 1.33. The number of thiophene rings is 2. The second-order valence-electron chi connectivity index (χ2n) is 7.99. The van der Waals surface area contributed by atoms with E-state index in [0.717, 1.165) is 42.5 Å². The van der Waals surface area contributed by atoms with E-state index in [1.807, 2.05) is 46.7 Å². The predicted molar refractivity (Wildman–Crippen MR) is 132 cm³/mol. The van der Waals surface area contributed by atoms with Gasteiger partial charge in [0, 0.05) is 35.5 Å². The number of aromatic nitrogens is 2. The molecule has 1 aliphatic heterocycles. The van der Waals surface area contributed by atoms with Crippen molar-refractivity contribution in [3.05, 3.63) is 68.5 Å². The van der Waals surface area contributed by atoms with Crippen LogP contribution in [0.15, 0.2) is 58.0 Å². The van der Waals surface area contributed by atoms with Gasteiger partial charge in [0.15, 0.2) is 0 Å². The fourth-order valence-electron chi connectivity index (χ4n) is 4.18. The highest BCUT2D eigenvalue weighted by molar-refractivity contribution is 7.17. The summed E-state index contributed by atoms with van der Waals surface area (Å²) in [4.78, 5) is 36.6. The van der Waals surface area contributed by atoms with Crippen LogP contribution < -0.4 is 15.8 Å². The maximum absolute atomic E-state index is 12.8. The molecule has 0 spiro atoms. The van der Waals surface area contributed by atoms with E-state index in [9.17, 15) is 9.59 Å². The summed E-state index contributed by atoms with van der Waals surface area (Å²) < 4.78 is 0.632. The molecule has 1 aromatic carbocycles. The number of hydrogen-bond donors (Lipinski definition) is 2. The van der Waals surface area contributed by atoms with Crippen LogP contribution in [0.3, 0.4) is 0 Å². The highest BCUT2D eigenvalue weighted by Gasteiger charge is 2.27. The third kappa shape index (κ3) is 4.33. The highest BCUT2D eigenvalue weighted by atomic mass is 32.1. The quantitative estimate of drug-likeness (QED) is 0.446. The third-order valence-electron chi connectivity index (χ3n) is 5.84. The Morgan fingerprint density at radius 3 is 2.88 bits per heavy atom.